The van der Waals surface area contributed by atoms with E-state index in [-0.39, 0.29) is 11.9 Å². The summed E-state index contributed by atoms with van der Waals surface area (Å²) in [4.78, 5) is 25.5. The Morgan fingerprint density at radius 2 is 2.17 bits per heavy atom. The van der Waals surface area contributed by atoms with Crippen LogP contribution in [0.1, 0.15) is 46.8 Å². The molecule has 7 nitrogen and oxygen atoms in total. The number of rotatable bonds is 5. The highest BCUT2D eigenvalue weighted by Crippen LogP contribution is 2.42. The molecule has 2 aliphatic rings. The molecule has 1 atom stereocenters. The third kappa shape index (κ3) is 3.36. The van der Waals surface area contributed by atoms with Gasteiger partial charge in [-0.15, -0.1) is 11.3 Å². The Bertz CT molecular complexity index is 1040. The number of aryl methyl sites for hydroxylation is 1. The van der Waals surface area contributed by atoms with Crippen LogP contribution in [0, 0.1) is 6.92 Å². The van der Waals surface area contributed by atoms with Gasteiger partial charge in [-0.05, 0) is 43.2 Å². The molecule has 2 fully saturated rings. The SMILES string of the molecule is Cc1cnc(-n2ncc(C(=O)N(C)C3CCOC3)c2C2CC2)nc1-c1cccs1. The van der Waals surface area contributed by atoms with E-state index in [1.165, 1.54) is 0 Å². The molecular weight excluding hydrogens is 386 g/mol. The predicted molar refractivity (Wildman–Crippen MR) is 110 cm³/mol. The summed E-state index contributed by atoms with van der Waals surface area (Å²) in [5, 5.41) is 6.59. The van der Waals surface area contributed by atoms with Crippen LogP contribution < -0.4 is 0 Å². The lowest BCUT2D eigenvalue weighted by Gasteiger charge is -2.23. The lowest BCUT2D eigenvalue weighted by molar-refractivity contribution is 0.0710. The molecule has 29 heavy (non-hydrogen) atoms. The minimum Gasteiger partial charge on any atom is -0.379 e. The first-order chi connectivity index (χ1) is 14.1. The van der Waals surface area contributed by atoms with Crippen LogP contribution in [-0.4, -0.2) is 56.9 Å². The van der Waals surface area contributed by atoms with Crippen molar-refractivity contribution in [1.29, 1.82) is 0 Å². The Morgan fingerprint density at radius 3 is 2.86 bits per heavy atom. The van der Waals surface area contributed by atoms with E-state index >= 15 is 0 Å². The summed E-state index contributed by atoms with van der Waals surface area (Å²) in [6.07, 6.45) is 6.51. The number of thiophene rings is 1. The molecule has 1 aliphatic carbocycles. The van der Waals surface area contributed by atoms with E-state index in [9.17, 15) is 4.79 Å². The van der Waals surface area contributed by atoms with Crippen LogP contribution in [0.2, 0.25) is 0 Å². The molecule has 1 unspecified atom stereocenters. The topological polar surface area (TPSA) is 73.1 Å². The monoisotopic (exact) mass is 409 g/mol. The van der Waals surface area contributed by atoms with Gasteiger partial charge in [-0.1, -0.05) is 6.07 Å². The number of likely N-dealkylation sites (N-methyl/N-ethyl adjacent to an activating group) is 1. The molecule has 1 saturated heterocycles. The van der Waals surface area contributed by atoms with Gasteiger partial charge in [0, 0.05) is 25.8 Å². The van der Waals surface area contributed by atoms with Crippen molar-refractivity contribution in [2.75, 3.05) is 20.3 Å². The molecule has 3 aromatic heterocycles. The molecule has 3 aromatic rings. The van der Waals surface area contributed by atoms with Gasteiger partial charge in [0.25, 0.3) is 11.9 Å². The van der Waals surface area contributed by atoms with E-state index in [1.54, 1.807) is 27.1 Å². The summed E-state index contributed by atoms with van der Waals surface area (Å²) in [6.45, 7) is 3.32. The zero-order valence-corrected chi connectivity index (χ0v) is 17.4. The van der Waals surface area contributed by atoms with Crippen molar-refractivity contribution in [3.05, 3.63) is 46.7 Å². The van der Waals surface area contributed by atoms with Crippen LogP contribution in [0.15, 0.2) is 29.9 Å². The highest BCUT2D eigenvalue weighted by molar-refractivity contribution is 7.13. The number of nitrogens with zero attached hydrogens (tertiary/aromatic N) is 5. The normalized spacial score (nSPS) is 18.9. The average molecular weight is 410 g/mol. The van der Waals surface area contributed by atoms with Gasteiger partial charge in [-0.25, -0.2) is 14.6 Å². The minimum atomic E-state index is -0.000702. The highest BCUT2D eigenvalue weighted by Gasteiger charge is 2.36. The van der Waals surface area contributed by atoms with Crippen LogP contribution in [0.5, 0.6) is 0 Å². The van der Waals surface area contributed by atoms with Crippen molar-refractivity contribution in [2.24, 2.45) is 0 Å². The lowest BCUT2D eigenvalue weighted by atomic mass is 10.1. The van der Waals surface area contributed by atoms with Crippen molar-refractivity contribution in [1.82, 2.24) is 24.6 Å². The fourth-order valence-electron chi connectivity index (χ4n) is 3.81. The average Bonchev–Trinajstić information content (AvgIpc) is 3.17. The predicted octanol–water partition coefficient (Wildman–Crippen LogP) is 3.44. The molecule has 1 amide bonds. The number of hydrogen-bond acceptors (Lipinski definition) is 6. The first kappa shape index (κ1) is 18.4. The lowest BCUT2D eigenvalue weighted by Crippen LogP contribution is -2.37. The number of aromatic nitrogens is 4. The van der Waals surface area contributed by atoms with Crippen LogP contribution in [0.4, 0.5) is 0 Å². The fourth-order valence-corrected chi connectivity index (χ4v) is 4.59. The molecule has 0 aromatic carbocycles. The smallest absolute Gasteiger partial charge is 0.257 e. The van der Waals surface area contributed by atoms with Crippen LogP contribution in [-0.2, 0) is 4.74 Å². The molecule has 0 N–H and O–H groups in total. The number of carbonyl (C=O) groups is 1. The van der Waals surface area contributed by atoms with Crippen LogP contribution in [0.3, 0.4) is 0 Å². The van der Waals surface area contributed by atoms with E-state index in [4.69, 9.17) is 9.72 Å². The van der Waals surface area contributed by atoms with Gasteiger partial charge in [0.05, 0.1) is 40.7 Å². The second kappa shape index (κ2) is 7.35. The van der Waals surface area contributed by atoms with Crippen molar-refractivity contribution in [2.45, 2.75) is 38.1 Å². The van der Waals surface area contributed by atoms with Gasteiger partial charge in [-0.3, -0.25) is 4.79 Å². The molecule has 4 heterocycles. The third-order valence-corrected chi connectivity index (χ3v) is 6.55. The Morgan fingerprint density at radius 1 is 1.31 bits per heavy atom. The molecule has 8 heteroatoms. The summed E-state index contributed by atoms with van der Waals surface area (Å²) in [6, 6.07) is 4.20. The fraction of sp³-hybridized carbons (Fsp3) is 0.429. The second-order valence-corrected chi connectivity index (χ2v) is 8.69. The van der Waals surface area contributed by atoms with Crippen LogP contribution in [0.25, 0.3) is 16.5 Å². The molecular formula is C21H23N5O2S. The first-order valence-electron chi connectivity index (χ1n) is 9.94. The Hall–Kier alpha value is -2.58. The third-order valence-electron chi connectivity index (χ3n) is 5.68. The number of hydrogen-bond donors (Lipinski definition) is 0. The number of ether oxygens (including phenoxy) is 1. The minimum absolute atomic E-state index is 0.000702. The molecule has 0 spiro atoms. The Kier molecular flexibility index (Phi) is 4.67. The van der Waals surface area contributed by atoms with Crippen molar-refractivity contribution >= 4 is 17.2 Å². The summed E-state index contributed by atoms with van der Waals surface area (Å²) in [7, 11) is 1.85. The highest BCUT2D eigenvalue weighted by atomic mass is 32.1. The van der Waals surface area contributed by atoms with Crippen molar-refractivity contribution in [3.8, 4) is 16.5 Å². The Labute approximate surface area is 173 Å². The molecule has 150 valence electrons. The maximum absolute atomic E-state index is 13.2. The molecule has 0 bridgehead atoms. The van der Waals surface area contributed by atoms with Gasteiger partial charge in [0.1, 0.15) is 0 Å². The van der Waals surface area contributed by atoms with Crippen molar-refractivity contribution in [3.63, 3.8) is 0 Å². The van der Waals surface area contributed by atoms with Gasteiger partial charge >= 0.3 is 0 Å². The van der Waals surface area contributed by atoms with Gasteiger partial charge in [0.15, 0.2) is 0 Å². The molecule has 0 radical (unpaired) electrons. The maximum atomic E-state index is 13.2. The first-order valence-corrected chi connectivity index (χ1v) is 10.8. The van der Waals surface area contributed by atoms with Gasteiger partial charge in [-0.2, -0.15) is 5.10 Å². The van der Waals surface area contributed by atoms with E-state index in [0.717, 1.165) is 41.1 Å². The van der Waals surface area contributed by atoms with E-state index in [1.807, 2.05) is 31.6 Å². The van der Waals surface area contributed by atoms with E-state index in [0.29, 0.717) is 30.6 Å². The molecule has 5 rings (SSSR count). The second-order valence-electron chi connectivity index (χ2n) is 7.74. The summed E-state index contributed by atoms with van der Waals surface area (Å²) in [5.74, 6) is 0.853. The maximum Gasteiger partial charge on any atom is 0.257 e. The van der Waals surface area contributed by atoms with Gasteiger partial charge < -0.3 is 9.64 Å². The molecule has 1 aliphatic heterocycles. The quantitative estimate of drug-likeness (QED) is 0.645. The number of amides is 1. The van der Waals surface area contributed by atoms with Crippen molar-refractivity contribution < 1.29 is 9.53 Å². The van der Waals surface area contributed by atoms with Crippen LogP contribution >= 0.6 is 11.3 Å². The van der Waals surface area contributed by atoms with Gasteiger partial charge in [0.2, 0.25) is 0 Å². The Balaban J connectivity index is 1.54. The summed E-state index contributed by atoms with van der Waals surface area (Å²) >= 11 is 1.65. The standard InChI is InChI=1S/C21H23N5O2S/c1-13-10-22-21(24-18(13)17-4-3-9-29-17)26-19(14-5-6-14)16(11-23-26)20(27)25(2)15-7-8-28-12-15/h3-4,9-11,14-15H,5-8,12H2,1-2H3. The van der Waals surface area contributed by atoms with E-state index < -0.39 is 0 Å². The summed E-state index contributed by atoms with van der Waals surface area (Å²) < 4.78 is 7.22. The zero-order valence-electron chi connectivity index (χ0n) is 16.5. The number of carbonyl (C=O) groups excluding carboxylic acids is 1. The summed E-state index contributed by atoms with van der Waals surface area (Å²) in [5.41, 5.74) is 3.52. The largest absolute Gasteiger partial charge is 0.379 e. The molecule has 1 saturated carbocycles. The zero-order chi connectivity index (χ0) is 20.0. The van der Waals surface area contributed by atoms with E-state index in [2.05, 4.69) is 16.1 Å².